The summed E-state index contributed by atoms with van der Waals surface area (Å²) in [5, 5.41) is 8.61. The van der Waals surface area contributed by atoms with Gasteiger partial charge in [0.15, 0.2) is 0 Å². The van der Waals surface area contributed by atoms with Gasteiger partial charge in [-0.3, -0.25) is 0 Å². The van der Waals surface area contributed by atoms with Crippen LogP contribution in [0.2, 0.25) is 0 Å². The van der Waals surface area contributed by atoms with Gasteiger partial charge in [0, 0.05) is 6.42 Å². The lowest BCUT2D eigenvalue weighted by molar-refractivity contribution is 0.253. The highest BCUT2D eigenvalue weighted by molar-refractivity contribution is 6.18. The number of alkyl halides is 2. The van der Waals surface area contributed by atoms with Crippen molar-refractivity contribution in [1.29, 1.82) is 0 Å². The average molecular weight is 165 g/mol. The molecule has 0 aliphatic rings. The number of hydrogen-bond donors (Lipinski definition) is 1. The number of halogens is 2. The van der Waals surface area contributed by atoms with Crippen molar-refractivity contribution in [2.75, 3.05) is 5.88 Å². The first-order chi connectivity index (χ1) is 4.66. The number of hydrogen-bond acceptors (Lipinski definition) is 1. The van der Waals surface area contributed by atoms with Gasteiger partial charge in [-0.1, -0.05) is 11.8 Å². The van der Waals surface area contributed by atoms with E-state index in [0.29, 0.717) is 0 Å². The highest BCUT2D eigenvalue weighted by Crippen LogP contribution is 1.98. The molecule has 0 spiro atoms. The minimum absolute atomic E-state index is 0.0332. The molecule has 0 aromatic rings. The van der Waals surface area contributed by atoms with Gasteiger partial charge < -0.3 is 5.11 Å². The van der Waals surface area contributed by atoms with Crippen LogP contribution < -0.4 is 0 Å². The Kier molecular flexibility index (Phi) is 5.38. The van der Waals surface area contributed by atoms with Gasteiger partial charge in [-0.2, -0.15) is 0 Å². The van der Waals surface area contributed by atoms with Crippen LogP contribution in [0.4, 0.5) is 4.39 Å². The van der Waals surface area contributed by atoms with E-state index in [-0.39, 0.29) is 12.3 Å². The fourth-order valence-electron chi connectivity index (χ4n) is 0.372. The lowest BCUT2D eigenvalue weighted by Gasteiger charge is -1.94. The van der Waals surface area contributed by atoms with E-state index in [4.69, 9.17) is 16.7 Å². The van der Waals surface area contributed by atoms with Crippen LogP contribution >= 0.6 is 11.6 Å². The van der Waals surface area contributed by atoms with Crippen LogP contribution in [-0.2, 0) is 0 Å². The number of aliphatic hydroxyl groups is 1. The van der Waals surface area contributed by atoms with Gasteiger partial charge in [-0.15, -0.1) is 11.6 Å². The van der Waals surface area contributed by atoms with Crippen LogP contribution in [0.3, 0.4) is 0 Å². The van der Waals surface area contributed by atoms with E-state index < -0.39 is 12.3 Å². The Labute approximate surface area is 65.2 Å². The van der Waals surface area contributed by atoms with E-state index in [9.17, 15) is 4.39 Å². The van der Waals surface area contributed by atoms with Crippen molar-refractivity contribution >= 4 is 11.6 Å². The number of rotatable bonds is 2. The first-order valence-corrected chi connectivity index (χ1v) is 3.56. The summed E-state index contributed by atoms with van der Waals surface area (Å²) in [5.41, 5.74) is 0. The first kappa shape index (κ1) is 9.74. The number of aliphatic hydroxyl groups excluding tert-OH is 1. The normalized spacial score (nSPS) is 15.2. The fourth-order valence-corrected chi connectivity index (χ4v) is 0.481. The molecule has 0 rings (SSSR count). The zero-order valence-corrected chi connectivity index (χ0v) is 6.53. The molecule has 0 aromatic heterocycles. The summed E-state index contributed by atoms with van der Waals surface area (Å²) >= 11 is 5.16. The Balaban J connectivity index is 3.45. The third kappa shape index (κ3) is 5.87. The molecule has 0 saturated heterocycles. The lowest BCUT2D eigenvalue weighted by Crippen LogP contribution is -2.00. The maximum Gasteiger partial charge on any atom is 0.124 e. The molecule has 0 amide bonds. The van der Waals surface area contributed by atoms with Crippen molar-refractivity contribution in [3.8, 4) is 11.8 Å². The molecule has 0 aromatic carbocycles. The molecule has 58 valence electrons. The zero-order valence-electron chi connectivity index (χ0n) is 5.77. The topological polar surface area (TPSA) is 20.2 Å². The molecule has 0 aliphatic carbocycles. The van der Waals surface area contributed by atoms with Crippen molar-refractivity contribution < 1.29 is 9.50 Å². The average Bonchev–Trinajstić information content (AvgIpc) is 1.87. The summed E-state index contributed by atoms with van der Waals surface area (Å²) in [4.78, 5) is 0. The Morgan fingerprint density at radius 3 is 2.70 bits per heavy atom. The van der Waals surface area contributed by atoms with Gasteiger partial charge in [0.1, 0.15) is 12.3 Å². The molecule has 0 bridgehead atoms. The third-order valence-electron chi connectivity index (χ3n) is 0.802. The van der Waals surface area contributed by atoms with Crippen molar-refractivity contribution in [2.24, 2.45) is 0 Å². The van der Waals surface area contributed by atoms with Crippen LogP contribution in [0, 0.1) is 11.8 Å². The Morgan fingerprint density at radius 1 is 1.70 bits per heavy atom. The highest BCUT2D eigenvalue weighted by Gasteiger charge is 1.99. The second kappa shape index (κ2) is 5.52. The van der Waals surface area contributed by atoms with Crippen LogP contribution in [0.5, 0.6) is 0 Å². The molecule has 0 heterocycles. The predicted octanol–water partition coefficient (Wildman–Crippen LogP) is 1.34. The van der Waals surface area contributed by atoms with E-state index >= 15 is 0 Å². The molecule has 1 N–H and O–H groups in total. The van der Waals surface area contributed by atoms with E-state index in [1.807, 2.05) is 0 Å². The van der Waals surface area contributed by atoms with Crippen molar-refractivity contribution in [1.82, 2.24) is 0 Å². The molecule has 2 atom stereocenters. The SMILES string of the molecule is CC(O)C#CC[C@H](F)CCl. The van der Waals surface area contributed by atoms with Crippen LogP contribution in [-0.4, -0.2) is 23.3 Å². The van der Waals surface area contributed by atoms with Gasteiger partial charge >= 0.3 is 0 Å². The Morgan fingerprint density at radius 2 is 2.30 bits per heavy atom. The van der Waals surface area contributed by atoms with Gasteiger partial charge in [-0.25, -0.2) is 4.39 Å². The second-order valence-electron chi connectivity index (χ2n) is 1.95. The molecule has 1 nitrogen and oxygen atoms in total. The van der Waals surface area contributed by atoms with Crippen LogP contribution in [0.15, 0.2) is 0 Å². The molecule has 0 fully saturated rings. The third-order valence-corrected chi connectivity index (χ3v) is 1.14. The van der Waals surface area contributed by atoms with E-state index in [1.54, 1.807) is 0 Å². The largest absolute Gasteiger partial charge is 0.381 e. The standard InChI is InChI=1S/C7H10ClFO/c1-6(10)3-2-4-7(9)5-8/h6-7,10H,4-5H2,1H3/t6?,7-/m0/s1. The van der Waals surface area contributed by atoms with Gasteiger partial charge in [0.2, 0.25) is 0 Å². The summed E-state index contributed by atoms with van der Waals surface area (Å²) in [6.45, 7) is 1.53. The Bertz CT molecular complexity index is 136. The smallest absolute Gasteiger partial charge is 0.124 e. The van der Waals surface area contributed by atoms with Crippen LogP contribution in [0.25, 0.3) is 0 Å². The zero-order chi connectivity index (χ0) is 7.98. The maximum atomic E-state index is 12.3. The summed E-state index contributed by atoms with van der Waals surface area (Å²) in [6, 6.07) is 0. The molecule has 3 heteroatoms. The van der Waals surface area contributed by atoms with Gasteiger partial charge in [0.05, 0.1) is 5.88 Å². The van der Waals surface area contributed by atoms with Crippen LogP contribution in [0.1, 0.15) is 13.3 Å². The summed E-state index contributed by atoms with van der Waals surface area (Å²) in [5.74, 6) is 4.86. The Hall–Kier alpha value is -0.260. The quantitative estimate of drug-likeness (QED) is 0.483. The summed E-state index contributed by atoms with van der Waals surface area (Å²) in [6.07, 6.45) is -1.65. The predicted molar refractivity (Wildman–Crippen MR) is 39.7 cm³/mol. The van der Waals surface area contributed by atoms with Crippen molar-refractivity contribution in [2.45, 2.75) is 25.6 Å². The molecular formula is C7H10ClFO. The monoisotopic (exact) mass is 164 g/mol. The molecule has 1 unspecified atom stereocenters. The minimum Gasteiger partial charge on any atom is -0.381 e. The first-order valence-electron chi connectivity index (χ1n) is 3.03. The molecular weight excluding hydrogens is 155 g/mol. The van der Waals surface area contributed by atoms with Gasteiger partial charge in [-0.05, 0) is 6.92 Å². The molecule has 10 heavy (non-hydrogen) atoms. The molecule has 0 saturated carbocycles. The second-order valence-corrected chi connectivity index (χ2v) is 2.26. The summed E-state index contributed by atoms with van der Waals surface area (Å²) in [7, 11) is 0. The molecule has 0 aliphatic heterocycles. The van der Waals surface area contributed by atoms with Crippen molar-refractivity contribution in [3.63, 3.8) is 0 Å². The van der Waals surface area contributed by atoms with E-state index in [2.05, 4.69) is 11.8 Å². The highest BCUT2D eigenvalue weighted by atomic mass is 35.5. The van der Waals surface area contributed by atoms with Gasteiger partial charge in [0.25, 0.3) is 0 Å². The molecule has 0 radical (unpaired) electrons. The van der Waals surface area contributed by atoms with Crippen molar-refractivity contribution in [3.05, 3.63) is 0 Å². The maximum absolute atomic E-state index is 12.3. The summed E-state index contributed by atoms with van der Waals surface area (Å²) < 4.78 is 12.3. The fraction of sp³-hybridized carbons (Fsp3) is 0.714. The minimum atomic E-state index is -1.08. The van der Waals surface area contributed by atoms with E-state index in [1.165, 1.54) is 6.92 Å². The van der Waals surface area contributed by atoms with E-state index in [0.717, 1.165) is 0 Å². The lowest BCUT2D eigenvalue weighted by atomic mass is 10.3.